The molecule has 18 heavy (non-hydrogen) atoms. The van der Waals surface area contributed by atoms with Crippen LogP contribution in [0.5, 0.6) is 0 Å². The number of aliphatic hydroxyl groups excluding tert-OH is 1. The molecule has 0 radical (unpaired) electrons. The van der Waals surface area contributed by atoms with Gasteiger partial charge in [0, 0.05) is 4.47 Å². The predicted octanol–water partition coefficient (Wildman–Crippen LogP) is 3.96. The Balaban J connectivity index is 2.54. The van der Waals surface area contributed by atoms with E-state index in [4.69, 9.17) is 11.6 Å². The smallest absolute Gasteiger partial charge is 0.0848 e. The van der Waals surface area contributed by atoms with Gasteiger partial charge in [-0.1, -0.05) is 17.7 Å². The van der Waals surface area contributed by atoms with E-state index in [-0.39, 0.29) is 0 Å². The van der Waals surface area contributed by atoms with E-state index in [1.165, 1.54) is 0 Å². The third-order valence-corrected chi connectivity index (χ3v) is 4.07. The van der Waals surface area contributed by atoms with Crippen molar-refractivity contribution in [1.82, 2.24) is 9.78 Å². The maximum absolute atomic E-state index is 9.55. The Morgan fingerprint density at radius 2 is 2.06 bits per heavy atom. The summed E-state index contributed by atoms with van der Waals surface area (Å²) in [7, 11) is 0. The molecule has 5 heteroatoms. The number of rotatable bonds is 2. The molecule has 0 bridgehead atoms. The van der Waals surface area contributed by atoms with E-state index >= 15 is 0 Å². The molecular formula is C13H14BrClN2O. The number of aryl methyl sites for hydroxylation is 1. The van der Waals surface area contributed by atoms with Gasteiger partial charge in [0.1, 0.15) is 0 Å². The van der Waals surface area contributed by atoms with Gasteiger partial charge in [0.2, 0.25) is 0 Å². The molecule has 1 heterocycles. The van der Waals surface area contributed by atoms with Crippen molar-refractivity contribution in [2.75, 3.05) is 0 Å². The fourth-order valence-corrected chi connectivity index (χ4v) is 2.50. The first-order valence-corrected chi connectivity index (χ1v) is 6.78. The number of hydrogen-bond acceptors (Lipinski definition) is 2. The van der Waals surface area contributed by atoms with Crippen molar-refractivity contribution < 1.29 is 5.11 Å². The van der Waals surface area contributed by atoms with Gasteiger partial charge in [-0.3, -0.25) is 0 Å². The zero-order valence-electron chi connectivity index (χ0n) is 10.4. The van der Waals surface area contributed by atoms with Gasteiger partial charge in [0.25, 0.3) is 0 Å². The number of hydrogen-bond donors (Lipinski definition) is 1. The van der Waals surface area contributed by atoms with Crippen molar-refractivity contribution in [3.05, 3.63) is 44.6 Å². The van der Waals surface area contributed by atoms with E-state index in [0.29, 0.717) is 5.02 Å². The van der Waals surface area contributed by atoms with Crippen molar-refractivity contribution in [1.29, 1.82) is 0 Å². The van der Waals surface area contributed by atoms with Gasteiger partial charge in [-0.05, 0) is 54.4 Å². The molecule has 1 unspecified atom stereocenters. The molecule has 1 N–H and O–H groups in total. The lowest BCUT2D eigenvalue weighted by Crippen LogP contribution is -2.01. The van der Waals surface area contributed by atoms with Crippen LogP contribution in [-0.4, -0.2) is 14.9 Å². The third kappa shape index (κ3) is 2.32. The number of benzene rings is 1. The maximum atomic E-state index is 9.55. The SMILES string of the molecule is Cc1nn(-c2ccc(C(C)O)cc2Br)c(C)c1Cl. The van der Waals surface area contributed by atoms with Crippen LogP contribution < -0.4 is 0 Å². The lowest BCUT2D eigenvalue weighted by atomic mass is 10.1. The van der Waals surface area contributed by atoms with Crippen molar-refractivity contribution in [3.63, 3.8) is 0 Å². The molecule has 0 saturated heterocycles. The summed E-state index contributed by atoms with van der Waals surface area (Å²) in [5.74, 6) is 0. The monoisotopic (exact) mass is 328 g/mol. The van der Waals surface area contributed by atoms with E-state index < -0.39 is 6.10 Å². The first kappa shape index (κ1) is 13.6. The summed E-state index contributed by atoms with van der Waals surface area (Å²) in [5, 5.41) is 14.6. The van der Waals surface area contributed by atoms with Crippen LogP contribution in [-0.2, 0) is 0 Å². The second kappa shape index (κ2) is 5.03. The summed E-state index contributed by atoms with van der Waals surface area (Å²) in [4.78, 5) is 0. The van der Waals surface area contributed by atoms with E-state index in [9.17, 15) is 5.11 Å². The van der Waals surface area contributed by atoms with Gasteiger partial charge in [-0.2, -0.15) is 5.10 Å². The average Bonchev–Trinajstić information content (AvgIpc) is 2.57. The molecule has 0 spiro atoms. The van der Waals surface area contributed by atoms with Gasteiger partial charge in [0.15, 0.2) is 0 Å². The summed E-state index contributed by atoms with van der Waals surface area (Å²) in [6, 6.07) is 5.70. The van der Waals surface area contributed by atoms with Crippen LogP contribution in [0.1, 0.15) is 30.0 Å². The molecule has 0 aliphatic heterocycles. The topological polar surface area (TPSA) is 38.0 Å². The Labute approximate surface area is 120 Å². The van der Waals surface area contributed by atoms with Crippen LogP contribution in [0.25, 0.3) is 5.69 Å². The Morgan fingerprint density at radius 3 is 2.50 bits per heavy atom. The molecule has 96 valence electrons. The Bertz CT molecular complexity index is 593. The quantitative estimate of drug-likeness (QED) is 0.905. The minimum Gasteiger partial charge on any atom is -0.389 e. The van der Waals surface area contributed by atoms with Crippen molar-refractivity contribution >= 4 is 27.5 Å². The maximum Gasteiger partial charge on any atom is 0.0848 e. The lowest BCUT2D eigenvalue weighted by molar-refractivity contribution is 0.199. The van der Waals surface area contributed by atoms with Gasteiger partial charge < -0.3 is 5.11 Å². The fraction of sp³-hybridized carbons (Fsp3) is 0.308. The highest BCUT2D eigenvalue weighted by Crippen LogP contribution is 2.29. The van der Waals surface area contributed by atoms with Crippen LogP contribution in [0.15, 0.2) is 22.7 Å². The Morgan fingerprint density at radius 1 is 1.39 bits per heavy atom. The molecule has 1 atom stereocenters. The molecule has 2 rings (SSSR count). The highest BCUT2D eigenvalue weighted by molar-refractivity contribution is 9.10. The summed E-state index contributed by atoms with van der Waals surface area (Å²) in [6.07, 6.45) is -0.487. The summed E-state index contributed by atoms with van der Waals surface area (Å²) < 4.78 is 2.68. The van der Waals surface area contributed by atoms with Crippen LogP contribution in [0.2, 0.25) is 5.02 Å². The molecule has 2 aromatic rings. The first-order valence-electron chi connectivity index (χ1n) is 5.61. The van der Waals surface area contributed by atoms with E-state index in [2.05, 4.69) is 21.0 Å². The van der Waals surface area contributed by atoms with Crippen LogP contribution in [0.3, 0.4) is 0 Å². The minimum atomic E-state index is -0.487. The van der Waals surface area contributed by atoms with Gasteiger partial charge >= 0.3 is 0 Å². The zero-order valence-corrected chi connectivity index (χ0v) is 12.7. The highest BCUT2D eigenvalue weighted by Gasteiger charge is 2.13. The summed E-state index contributed by atoms with van der Waals surface area (Å²) in [6.45, 7) is 5.54. The molecule has 0 fully saturated rings. The predicted molar refractivity (Wildman–Crippen MR) is 76.4 cm³/mol. The van der Waals surface area contributed by atoms with Gasteiger partial charge in [0.05, 0.1) is 28.2 Å². The van der Waals surface area contributed by atoms with Crippen LogP contribution in [0, 0.1) is 13.8 Å². The molecule has 0 saturated carbocycles. The molecule has 0 amide bonds. The van der Waals surface area contributed by atoms with Crippen LogP contribution >= 0.6 is 27.5 Å². The minimum absolute atomic E-state index is 0.487. The summed E-state index contributed by atoms with van der Waals surface area (Å²) >= 11 is 9.65. The summed E-state index contributed by atoms with van der Waals surface area (Å²) in [5.41, 5.74) is 3.48. The normalized spacial score (nSPS) is 12.8. The molecule has 0 aliphatic rings. The van der Waals surface area contributed by atoms with Crippen molar-refractivity contribution in [2.24, 2.45) is 0 Å². The molecule has 3 nitrogen and oxygen atoms in total. The average molecular weight is 330 g/mol. The Hall–Kier alpha value is -0.840. The highest BCUT2D eigenvalue weighted by atomic mass is 79.9. The molecule has 1 aromatic heterocycles. The number of nitrogens with zero attached hydrogens (tertiary/aromatic N) is 2. The second-order valence-corrected chi connectivity index (χ2v) is 5.52. The number of halogens is 2. The van der Waals surface area contributed by atoms with Crippen molar-refractivity contribution in [2.45, 2.75) is 26.9 Å². The fourth-order valence-electron chi connectivity index (χ4n) is 1.81. The Kier molecular flexibility index (Phi) is 3.80. The zero-order chi connectivity index (χ0) is 13.4. The lowest BCUT2D eigenvalue weighted by Gasteiger charge is -2.10. The number of aromatic nitrogens is 2. The standard InChI is InChI=1S/C13H14BrClN2O/c1-7-13(15)8(2)17(16-7)12-5-4-10(9(3)18)6-11(12)14/h4-6,9,18H,1-3H3. The largest absolute Gasteiger partial charge is 0.389 e. The van der Waals surface area contributed by atoms with Gasteiger partial charge in [-0.25, -0.2) is 4.68 Å². The van der Waals surface area contributed by atoms with Gasteiger partial charge in [-0.15, -0.1) is 0 Å². The van der Waals surface area contributed by atoms with Crippen LogP contribution in [0.4, 0.5) is 0 Å². The van der Waals surface area contributed by atoms with Crippen molar-refractivity contribution in [3.8, 4) is 5.69 Å². The van der Waals surface area contributed by atoms with E-state index in [1.807, 2.05) is 32.0 Å². The molecule has 0 aliphatic carbocycles. The molecular weight excluding hydrogens is 316 g/mol. The first-order chi connectivity index (χ1) is 8.41. The third-order valence-electron chi connectivity index (χ3n) is 2.89. The second-order valence-electron chi connectivity index (χ2n) is 4.28. The van der Waals surface area contributed by atoms with E-state index in [1.54, 1.807) is 11.6 Å². The van der Waals surface area contributed by atoms with E-state index in [0.717, 1.165) is 27.1 Å². The molecule has 1 aromatic carbocycles. The number of aliphatic hydroxyl groups is 1.